The van der Waals surface area contributed by atoms with E-state index in [2.05, 4.69) is 40.7 Å². The molecule has 7 heterocycles. The van der Waals surface area contributed by atoms with E-state index >= 15 is 0 Å². The minimum absolute atomic E-state index is 0.00492. The van der Waals surface area contributed by atoms with E-state index in [1.54, 1.807) is 15.8 Å². The van der Waals surface area contributed by atoms with Gasteiger partial charge in [-0.2, -0.15) is 4.68 Å². The molecule has 0 spiro atoms. The zero-order chi connectivity index (χ0) is 25.8. The molecule has 3 aliphatic heterocycles. The van der Waals surface area contributed by atoms with Gasteiger partial charge in [-0.3, -0.25) is 9.59 Å². The summed E-state index contributed by atoms with van der Waals surface area (Å²) in [6.07, 6.45) is 6.94. The number of H-pyrrole nitrogens is 1. The number of piperazine rings is 1. The van der Waals surface area contributed by atoms with Crippen LogP contribution in [0, 0.1) is 5.82 Å². The van der Waals surface area contributed by atoms with Crippen molar-refractivity contribution in [1.29, 1.82) is 0 Å². The normalized spacial score (nSPS) is 18.9. The van der Waals surface area contributed by atoms with Crippen LogP contribution in [0.4, 0.5) is 10.3 Å². The number of hydrogen-bond donors (Lipinski definition) is 1. The largest absolute Gasteiger partial charge is 0.357 e. The molecular weight excluding hydrogens is 493 g/mol. The number of ketones is 1. The minimum Gasteiger partial charge on any atom is -0.357 e. The molecule has 8 rings (SSSR count). The first-order valence-electron chi connectivity index (χ1n) is 12.1. The first kappa shape index (κ1) is 22.2. The molecule has 3 aliphatic rings. The molecule has 4 aromatic heterocycles. The monoisotopic (exact) mass is 513 g/mol. The summed E-state index contributed by atoms with van der Waals surface area (Å²) in [7, 11) is 0. The highest BCUT2D eigenvalue weighted by molar-refractivity contribution is 6.45. The Kier molecular flexibility index (Phi) is 4.99. The van der Waals surface area contributed by atoms with E-state index in [0.717, 1.165) is 24.7 Å². The topological polar surface area (TPSA) is 144 Å². The number of tetrazole rings is 1. The molecule has 0 unspecified atom stereocenters. The van der Waals surface area contributed by atoms with Gasteiger partial charge < -0.3 is 14.8 Å². The average Bonchev–Trinajstić information content (AvgIpc) is 3.74. The van der Waals surface area contributed by atoms with Crippen LogP contribution in [-0.2, 0) is 4.79 Å². The summed E-state index contributed by atoms with van der Waals surface area (Å²) in [5.41, 5.74) is 1.04. The van der Waals surface area contributed by atoms with E-state index in [4.69, 9.17) is 0 Å². The molecule has 38 heavy (non-hydrogen) atoms. The van der Waals surface area contributed by atoms with E-state index in [-0.39, 0.29) is 34.4 Å². The molecule has 3 saturated heterocycles. The fourth-order valence-corrected chi connectivity index (χ4v) is 5.43. The number of carbonyl (C=O) groups is 2. The van der Waals surface area contributed by atoms with E-state index in [1.165, 1.54) is 17.1 Å². The molecule has 0 radical (unpaired) electrons. The number of amides is 1. The summed E-state index contributed by atoms with van der Waals surface area (Å²) in [5.74, 6) is -1.29. The lowest BCUT2D eigenvalue weighted by atomic mass is 9.90. The number of Topliss-reactive ketones (excluding diaryl/α,β-unsaturated/α-hetero) is 1. The Bertz CT molecular complexity index is 1660. The highest BCUT2D eigenvalue weighted by atomic mass is 19.1. The van der Waals surface area contributed by atoms with Gasteiger partial charge in [-0.15, -0.1) is 5.10 Å². The molecule has 1 N–H and O–H groups in total. The van der Waals surface area contributed by atoms with E-state index in [9.17, 15) is 14.0 Å². The van der Waals surface area contributed by atoms with Crippen molar-refractivity contribution in [2.45, 2.75) is 24.9 Å². The smallest absolute Gasteiger partial charge is 0.295 e. The average molecular weight is 513 g/mol. The molecule has 1 aromatic carbocycles. The number of para-hydroxylation sites is 1. The zero-order valence-electron chi connectivity index (χ0n) is 19.8. The number of benzene rings is 1. The van der Waals surface area contributed by atoms with Crippen LogP contribution < -0.4 is 4.90 Å². The lowest BCUT2D eigenvalue weighted by molar-refractivity contribution is -0.131. The number of carbonyl (C=O) groups excluding carboxylic acids is 2. The molecule has 3 fully saturated rings. The van der Waals surface area contributed by atoms with Crippen LogP contribution in [0.2, 0.25) is 0 Å². The van der Waals surface area contributed by atoms with Crippen molar-refractivity contribution < 1.29 is 14.0 Å². The van der Waals surface area contributed by atoms with Gasteiger partial charge in [0.2, 0.25) is 0 Å². The van der Waals surface area contributed by atoms with Gasteiger partial charge in [0.15, 0.2) is 11.6 Å². The van der Waals surface area contributed by atoms with Gasteiger partial charge in [-0.25, -0.2) is 14.1 Å². The van der Waals surface area contributed by atoms with Gasteiger partial charge in [0.05, 0.1) is 40.7 Å². The number of nitrogens with zero attached hydrogens (tertiary/aromatic N) is 10. The van der Waals surface area contributed by atoms with Crippen LogP contribution in [0.25, 0.3) is 22.4 Å². The molecule has 190 valence electrons. The van der Waals surface area contributed by atoms with Crippen LogP contribution in [0.15, 0.2) is 55.1 Å². The van der Waals surface area contributed by atoms with E-state index in [1.807, 2.05) is 30.3 Å². The number of pyridine rings is 1. The molecule has 0 aliphatic carbocycles. The SMILES string of the molecule is O=C(C(=O)N1C[C@@H]2CC[C@H]1CN2c1nnnn1-c1ccccc1)c1c[nH]c2c(-n3ccnn3)ncc(F)c12. The number of aromatic nitrogens is 9. The van der Waals surface area contributed by atoms with Gasteiger partial charge >= 0.3 is 0 Å². The summed E-state index contributed by atoms with van der Waals surface area (Å²) in [6, 6.07) is 9.30. The second kappa shape index (κ2) is 8.54. The Labute approximate surface area is 213 Å². The molecule has 2 atom stereocenters. The lowest BCUT2D eigenvalue weighted by Gasteiger charge is -2.51. The summed E-state index contributed by atoms with van der Waals surface area (Å²) < 4.78 is 17.9. The first-order chi connectivity index (χ1) is 18.6. The molecule has 13 nitrogen and oxygen atoms in total. The Morgan fingerprint density at radius 1 is 1.05 bits per heavy atom. The molecule has 1 amide bonds. The summed E-state index contributed by atoms with van der Waals surface area (Å²) in [4.78, 5) is 37.5. The van der Waals surface area contributed by atoms with Crippen molar-refractivity contribution in [3.63, 3.8) is 0 Å². The van der Waals surface area contributed by atoms with Gasteiger partial charge in [-0.1, -0.05) is 28.5 Å². The maximum absolute atomic E-state index is 14.9. The van der Waals surface area contributed by atoms with Crippen LogP contribution >= 0.6 is 0 Å². The van der Waals surface area contributed by atoms with Gasteiger partial charge in [0.1, 0.15) is 0 Å². The fraction of sp³-hybridized carbons (Fsp3) is 0.250. The Morgan fingerprint density at radius 3 is 2.66 bits per heavy atom. The number of aromatic amines is 1. The third kappa shape index (κ3) is 3.37. The number of rotatable bonds is 5. The second-order valence-corrected chi connectivity index (χ2v) is 9.28. The maximum Gasteiger partial charge on any atom is 0.295 e. The number of piperidine rings is 2. The Hall–Kier alpha value is -5.01. The number of anilines is 1. The van der Waals surface area contributed by atoms with Crippen LogP contribution in [0.5, 0.6) is 0 Å². The van der Waals surface area contributed by atoms with Gasteiger partial charge in [0, 0.05) is 31.4 Å². The second-order valence-electron chi connectivity index (χ2n) is 9.28. The number of hydrogen-bond acceptors (Lipinski definition) is 9. The van der Waals surface area contributed by atoms with Gasteiger partial charge in [-0.05, 0) is 35.4 Å². The predicted molar refractivity (Wildman–Crippen MR) is 130 cm³/mol. The lowest BCUT2D eigenvalue weighted by Crippen LogP contribution is -2.65. The first-order valence-corrected chi connectivity index (χ1v) is 12.1. The third-order valence-electron chi connectivity index (χ3n) is 7.22. The maximum atomic E-state index is 14.9. The summed E-state index contributed by atoms with van der Waals surface area (Å²) in [5, 5.41) is 19.9. The van der Waals surface area contributed by atoms with Crippen molar-refractivity contribution in [1.82, 2.24) is 50.1 Å². The van der Waals surface area contributed by atoms with Crippen molar-refractivity contribution in [2.24, 2.45) is 0 Å². The predicted octanol–water partition coefficient (Wildman–Crippen LogP) is 1.32. The number of halogens is 1. The van der Waals surface area contributed by atoms with Gasteiger partial charge in [0.25, 0.3) is 17.6 Å². The summed E-state index contributed by atoms with van der Waals surface area (Å²) in [6.45, 7) is 0.826. The number of nitrogens with one attached hydrogen (secondary N) is 1. The van der Waals surface area contributed by atoms with Crippen molar-refractivity contribution in [3.8, 4) is 11.5 Å². The standard InChI is InChI=1S/C24H20FN11O2/c25-18-11-27-22(35-9-8-28-31-35)20-19(18)17(10-26-20)21(37)23(38)33-12-16-7-6-15(33)13-34(16)24-29-30-32-36(24)14-4-2-1-3-5-14/h1-5,8-11,15-16,26H,6-7,12-13H2/t15-,16-/m0/s1. The van der Waals surface area contributed by atoms with E-state index < -0.39 is 17.5 Å². The van der Waals surface area contributed by atoms with Crippen molar-refractivity contribution >= 4 is 28.5 Å². The highest BCUT2D eigenvalue weighted by Gasteiger charge is 2.44. The van der Waals surface area contributed by atoms with Crippen LogP contribution in [-0.4, -0.2) is 86.9 Å². The molecule has 0 saturated carbocycles. The molecular formula is C24H20FN11O2. The summed E-state index contributed by atoms with van der Waals surface area (Å²) >= 11 is 0. The zero-order valence-corrected chi connectivity index (χ0v) is 19.8. The molecule has 14 heteroatoms. The molecule has 5 aromatic rings. The molecule has 2 bridgehead atoms. The number of fused-ring (bicyclic) bond motifs is 4. The third-order valence-corrected chi connectivity index (χ3v) is 7.22. The van der Waals surface area contributed by atoms with E-state index in [0.29, 0.717) is 19.0 Å². The Morgan fingerprint density at radius 2 is 1.89 bits per heavy atom. The minimum atomic E-state index is -0.779. The van der Waals surface area contributed by atoms with Crippen molar-refractivity contribution in [3.05, 3.63) is 66.5 Å². The van der Waals surface area contributed by atoms with Crippen LogP contribution in [0.1, 0.15) is 23.2 Å². The quantitative estimate of drug-likeness (QED) is 0.272. The highest BCUT2D eigenvalue weighted by Crippen LogP contribution is 2.33. The fourth-order valence-electron chi connectivity index (χ4n) is 5.43. The van der Waals surface area contributed by atoms with Crippen LogP contribution in [0.3, 0.4) is 0 Å². The van der Waals surface area contributed by atoms with Crippen molar-refractivity contribution in [2.75, 3.05) is 18.0 Å². The Balaban J connectivity index is 1.16.